The Morgan fingerprint density at radius 3 is 2.50 bits per heavy atom. The number of para-hydroxylation sites is 2. The quantitative estimate of drug-likeness (QED) is 0.612. The molecule has 0 unspecified atom stereocenters. The monoisotopic (exact) mass is 430 g/mol. The van der Waals surface area contributed by atoms with Crippen molar-refractivity contribution in [2.24, 2.45) is 5.73 Å². The molecule has 2 heterocycles. The third-order valence-corrected chi connectivity index (χ3v) is 5.61. The second kappa shape index (κ2) is 9.36. The van der Waals surface area contributed by atoms with E-state index in [-0.39, 0.29) is 18.3 Å². The van der Waals surface area contributed by atoms with Gasteiger partial charge in [0.15, 0.2) is 0 Å². The zero-order chi connectivity index (χ0) is 20.3. The predicted octanol–water partition coefficient (Wildman–Crippen LogP) is 2.56. The number of nitrogens with zero attached hydrogens (tertiary/aromatic N) is 1. The molecule has 2 aliphatic heterocycles. The number of anilines is 2. The average Bonchev–Trinajstić information content (AvgIpc) is 2.74. The number of carbonyl (C=O) groups is 2. The summed E-state index contributed by atoms with van der Waals surface area (Å²) in [6.45, 7) is 2.73. The topological polar surface area (TPSA) is 96.7 Å². The molecule has 4 rings (SSSR count). The summed E-state index contributed by atoms with van der Waals surface area (Å²) >= 11 is 0. The first kappa shape index (κ1) is 21.9. The fourth-order valence-corrected chi connectivity index (χ4v) is 4.04. The highest BCUT2D eigenvalue weighted by Crippen LogP contribution is 2.38. The molecule has 2 aromatic rings. The van der Waals surface area contributed by atoms with E-state index in [1.165, 1.54) is 0 Å². The Bertz CT molecular complexity index is 898. The second-order valence-electron chi connectivity index (χ2n) is 7.52. The number of fused-ring (bicyclic) bond motifs is 1. The zero-order valence-electron chi connectivity index (χ0n) is 16.7. The lowest BCUT2D eigenvalue weighted by Gasteiger charge is -2.46. The molecule has 2 aromatic carbocycles. The summed E-state index contributed by atoms with van der Waals surface area (Å²) < 4.78 is 5.78. The van der Waals surface area contributed by atoms with Crippen LogP contribution in [0.1, 0.15) is 29.6 Å². The van der Waals surface area contributed by atoms with Crippen LogP contribution in [-0.4, -0.2) is 43.6 Å². The Labute approximate surface area is 182 Å². The molecule has 7 nitrogen and oxygen atoms in total. The molecule has 30 heavy (non-hydrogen) atoms. The third-order valence-electron chi connectivity index (χ3n) is 5.61. The molecule has 0 radical (unpaired) electrons. The molecule has 0 aromatic heterocycles. The van der Waals surface area contributed by atoms with E-state index in [1.807, 2.05) is 29.2 Å². The Balaban J connectivity index is 0.00000256. The Morgan fingerprint density at radius 1 is 1.10 bits per heavy atom. The SMILES string of the molecule is Cl.NC(=O)c1ccc(OCCCN2C(=O)C3(CCNCC3)Nc3ccccc32)cc1. The van der Waals surface area contributed by atoms with Gasteiger partial charge in [0.2, 0.25) is 5.91 Å². The average molecular weight is 431 g/mol. The van der Waals surface area contributed by atoms with E-state index in [4.69, 9.17) is 10.5 Å². The minimum absolute atomic E-state index is 0. The molecule has 2 amide bonds. The van der Waals surface area contributed by atoms with Crippen molar-refractivity contribution in [3.8, 4) is 5.75 Å². The molecule has 2 aliphatic rings. The molecule has 1 saturated heterocycles. The number of hydrogen-bond acceptors (Lipinski definition) is 5. The summed E-state index contributed by atoms with van der Waals surface area (Å²) in [5.41, 5.74) is 7.12. The van der Waals surface area contributed by atoms with Gasteiger partial charge in [0.05, 0.1) is 18.0 Å². The number of primary amides is 1. The lowest BCUT2D eigenvalue weighted by atomic mass is 9.84. The fraction of sp³-hybridized carbons (Fsp3) is 0.364. The molecular weight excluding hydrogens is 404 g/mol. The molecule has 0 saturated carbocycles. The summed E-state index contributed by atoms with van der Waals surface area (Å²) in [6, 6.07) is 14.7. The third kappa shape index (κ3) is 4.37. The standard InChI is InChI=1S/C22H26N4O3.ClH/c23-20(27)16-6-8-17(9-7-16)29-15-3-14-26-19-5-2-1-4-18(19)25-22(21(26)28)10-12-24-13-11-22;/h1-2,4-9,24-25H,3,10-15H2,(H2,23,27);1H. The molecule has 0 aliphatic carbocycles. The summed E-state index contributed by atoms with van der Waals surface area (Å²) in [7, 11) is 0. The minimum atomic E-state index is -0.523. The van der Waals surface area contributed by atoms with Crippen molar-refractivity contribution in [2.45, 2.75) is 24.8 Å². The maximum absolute atomic E-state index is 13.4. The van der Waals surface area contributed by atoms with Crippen molar-refractivity contribution < 1.29 is 14.3 Å². The number of benzene rings is 2. The van der Waals surface area contributed by atoms with Crippen LogP contribution in [-0.2, 0) is 4.79 Å². The zero-order valence-corrected chi connectivity index (χ0v) is 17.5. The first-order chi connectivity index (χ1) is 14.1. The lowest BCUT2D eigenvalue weighted by Crippen LogP contribution is -2.61. The van der Waals surface area contributed by atoms with E-state index in [0.717, 1.165) is 37.3 Å². The van der Waals surface area contributed by atoms with Crippen molar-refractivity contribution >= 4 is 35.6 Å². The Hall–Kier alpha value is -2.77. The van der Waals surface area contributed by atoms with Gasteiger partial charge >= 0.3 is 0 Å². The van der Waals surface area contributed by atoms with Crippen LogP contribution in [0.4, 0.5) is 11.4 Å². The first-order valence-electron chi connectivity index (χ1n) is 10.0. The number of rotatable bonds is 6. The van der Waals surface area contributed by atoms with Crippen molar-refractivity contribution in [3.05, 3.63) is 54.1 Å². The lowest BCUT2D eigenvalue weighted by molar-refractivity contribution is -0.124. The summed E-state index contributed by atoms with van der Waals surface area (Å²) in [6.07, 6.45) is 2.25. The van der Waals surface area contributed by atoms with Crippen molar-refractivity contribution in [1.82, 2.24) is 5.32 Å². The highest BCUT2D eigenvalue weighted by atomic mass is 35.5. The molecular formula is C22H27ClN4O3. The Morgan fingerprint density at radius 2 is 1.80 bits per heavy atom. The second-order valence-corrected chi connectivity index (χ2v) is 7.52. The molecule has 4 N–H and O–H groups in total. The number of hydrogen-bond donors (Lipinski definition) is 3. The van der Waals surface area contributed by atoms with Crippen LogP contribution in [0.2, 0.25) is 0 Å². The predicted molar refractivity (Wildman–Crippen MR) is 120 cm³/mol. The van der Waals surface area contributed by atoms with Gasteiger partial charge in [-0.3, -0.25) is 9.59 Å². The molecule has 8 heteroatoms. The van der Waals surface area contributed by atoms with Gasteiger partial charge in [-0.1, -0.05) is 12.1 Å². The van der Waals surface area contributed by atoms with E-state index in [1.54, 1.807) is 24.3 Å². The first-order valence-corrected chi connectivity index (χ1v) is 10.0. The van der Waals surface area contributed by atoms with Crippen LogP contribution in [0.15, 0.2) is 48.5 Å². The fourth-order valence-electron chi connectivity index (χ4n) is 4.04. The van der Waals surface area contributed by atoms with Crippen LogP contribution < -0.4 is 26.0 Å². The van der Waals surface area contributed by atoms with Crippen molar-refractivity contribution in [2.75, 3.05) is 36.5 Å². The van der Waals surface area contributed by atoms with Crippen LogP contribution >= 0.6 is 12.4 Å². The number of amides is 2. The van der Waals surface area contributed by atoms with Gasteiger partial charge in [-0.15, -0.1) is 12.4 Å². The highest BCUT2D eigenvalue weighted by molar-refractivity contribution is 6.08. The van der Waals surface area contributed by atoms with Crippen LogP contribution in [0.3, 0.4) is 0 Å². The van der Waals surface area contributed by atoms with Crippen molar-refractivity contribution in [1.29, 1.82) is 0 Å². The van der Waals surface area contributed by atoms with Gasteiger partial charge in [0, 0.05) is 12.1 Å². The molecule has 1 fully saturated rings. The number of ether oxygens (including phenoxy) is 1. The van der Waals surface area contributed by atoms with E-state index >= 15 is 0 Å². The van der Waals surface area contributed by atoms with Gasteiger partial charge in [0.25, 0.3) is 5.91 Å². The van der Waals surface area contributed by atoms with E-state index in [2.05, 4.69) is 10.6 Å². The summed E-state index contributed by atoms with van der Waals surface area (Å²) in [5, 5.41) is 6.86. The molecule has 1 spiro atoms. The van der Waals surface area contributed by atoms with E-state index in [0.29, 0.717) is 30.9 Å². The van der Waals surface area contributed by atoms with Crippen LogP contribution in [0, 0.1) is 0 Å². The van der Waals surface area contributed by atoms with Crippen LogP contribution in [0.5, 0.6) is 5.75 Å². The largest absolute Gasteiger partial charge is 0.494 e. The van der Waals surface area contributed by atoms with Crippen LogP contribution in [0.25, 0.3) is 0 Å². The number of nitrogens with two attached hydrogens (primary N) is 1. The Kier molecular flexibility index (Phi) is 6.84. The normalized spacial score (nSPS) is 16.9. The van der Waals surface area contributed by atoms with E-state index < -0.39 is 11.4 Å². The number of halogens is 1. The molecule has 0 bridgehead atoms. The molecule has 0 atom stereocenters. The van der Waals surface area contributed by atoms with E-state index in [9.17, 15) is 9.59 Å². The highest BCUT2D eigenvalue weighted by Gasteiger charge is 2.46. The van der Waals surface area contributed by atoms with Gasteiger partial charge in [0.1, 0.15) is 11.3 Å². The minimum Gasteiger partial charge on any atom is -0.494 e. The smallest absolute Gasteiger partial charge is 0.252 e. The maximum atomic E-state index is 13.4. The van der Waals surface area contributed by atoms with Gasteiger partial charge < -0.3 is 26.0 Å². The number of carbonyl (C=O) groups excluding carboxylic acids is 2. The summed E-state index contributed by atoms with van der Waals surface area (Å²) in [4.78, 5) is 26.4. The van der Waals surface area contributed by atoms with Gasteiger partial charge in [-0.2, -0.15) is 0 Å². The van der Waals surface area contributed by atoms with Gasteiger partial charge in [-0.05, 0) is 68.8 Å². The van der Waals surface area contributed by atoms with Crippen molar-refractivity contribution in [3.63, 3.8) is 0 Å². The number of piperidine rings is 1. The number of nitrogens with one attached hydrogen (secondary N) is 2. The summed E-state index contributed by atoms with van der Waals surface area (Å²) in [5.74, 6) is 0.361. The maximum Gasteiger partial charge on any atom is 0.252 e. The van der Waals surface area contributed by atoms with Gasteiger partial charge in [-0.25, -0.2) is 0 Å². The molecule has 160 valence electrons.